The predicted molar refractivity (Wildman–Crippen MR) is 113 cm³/mol. The van der Waals surface area contributed by atoms with Gasteiger partial charge in [0, 0.05) is 42.8 Å². The van der Waals surface area contributed by atoms with Gasteiger partial charge >= 0.3 is 0 Å². The summed E-state index contributed by atoms with van der Waals surface area (Å²) in [6.45, 7) is 2.14. The zero-order chi connectivity index (χ0) is 20.8. The minimum absolute atomic E-state index is 0.109. The van der Waals surface area contributed by atoms with E-state index in [-0.39, 0.29) is 33.6 Å². The van der Waals surface area contributed by atoms with Crippen LogP contribution >= 0.6 is 23.2 Å². The first-order valence-electron chi connectivity index (χ1n) is 9.10. The average molecular weight is 434 g/mol. The maximum Gasteiger partial charge on any atom is 0.255 e. The first-order chi connectivity index (χ1) is 13.8. The predicted octanol–water partition coefficient (Wildman–Crippen LogP) is 4.53. The molecular weight excluding hydrogens is 416 g/mol. The summed E-state index contributed by atoms with van der Waals surface area (Å²) in [5.41, 5.74) is -0.357. The fourth-order valence-electron chi connectivity index (χ4n) is 3.95. The number of anilines is 1. The Morgan fingerprint density at radius 2 is 2.03 bits per heavy atom. The number of carbonyl (C=O) groups is 1. The summed E-state index contributed by atoms with van der Waals surface area (Å²) in [5.74, 6) is -0.613. The van der Waals surface area contributed by atoms with Gasteiger partial charge in [-0.1, -0.05) is 29.3 Å². The smallest absolute Gasteiger partial charge is 0.255 e. The lowest BCUT2D eigenvalue weighted by Crippen LogP contribution is -2.40. The molecule has 2 aromatic carbocycles. The lowest BCUT2D eigenvalue weighted by molar-refractivity contribution is -0.127. The highest BCUT2D eigenvalue weighted by Gasteiger charge is 2.44. The molecule has 1 aromatic heterocycles. The van der Waals surface area contributed by atoms with Gasteiger partial charge in [-0.2, -0.15) is 0 Å². The van der Waals surface area contributed by atoms with Crippen molar-refractivity contribution in [1.29, 1.82) is 0 Å². The van der Waals surface area contributed by atoms with Crippen molar-refractivity contribution in [2.45, 2.75) is 18.9 Å². The van der Waals surface area contributed by atoms with Gasteiger partial charge < -0.3 is 15.2 Å². The Bertz CT molecular complexity index is 1180. The number of rotatable bonds is 3. The van der Waals surface area contributed by atoms with Gasteiger partial charge in [0.15, 0.2) is 0 Å². The number of nitrogens with one attached hydrogen (secondary N) is 2. The third kappa shape index (κ3) is 3.47. The van der Waals surface area contributed by atoms with Crippen LogP contribution in [0.2, 0.25) is 10.0 Å². The van der Waals surface area contributed by atoms with Crippen LogP contribution in [0.15, 0.2) is 47.4 Å². The highest BCUT2D eigenvalue weighted by Crippen LogP contribution is 2.43. The summed E-state index contributed by atoms with van der Waals surface area (Å²) in [6.07, 6.45) is 2.02. The van der Waals surface area contributed by atoms with Crippen LogP contribution in [-0.4, -0.2) is 28.9 Å². The molecule has 1 amide bonds. The van der Waals surface area contributed by atoms with Crippen LogP contribution in [-0.2, 0) is 10.3 Å². The van der Waals surface area contributed by atoms with Crippen molar-refractivity contribution in [3.8, 4) is 0 Å². The van der Waals surface area contributed by atoms with E-state index in [0.717, 1.165) is 5.39 Å². The lowest BCUT2D eigenvalue weighted by Gasteiger charge is -2.33. The molecule has 3 aromatic rings. The van der Waals surface area contributed by atoms with Crippen molar-refractivity contribution < 1.29 is 9.18 Å². The number of halogens is 3. The largest absolute Gasteiger partial charge is 0.374 e. The van der Waals surface area contributed by atoms with Crippen molar-refractivity contribution in [1.82, 2.24) is 9.88 Å². The number of likely N-dealkylation sites (tertiary alicyclic amines) is 1. The van der Waals surface area contributed by atoms with Crippen LogP contribution in [0.4, 0.5) is 10.1 Å². The van der Waals surface area contributed by atoms with E-state index in [4.69, 9.17) is 23.2 Å². The summed E-state index contributed by atoms with van der Waals surface area (Å²) in [4.78, 5) is 28.4. The Kier molecular flexibility index (Phi) is 5.00. The molecule has 0 saturated carbocycles. The molecule has 150 valence electrons. The van der Waals surface area contributed by atoms with Gasteiger partial charge in [-0.3, -0.25) is 9.59 Å². The first-order valence-corrected chi connectivity index (χ1v) is 9.85. The number of aromatic nitrogens is 1. The number of amides is 1. The van der Waals surface area contributed by atoms with Crippen LogP contribution in [0.25, 0.3) is 10.8 Å². The summed E-state index contributed by atoms with van der Waals surface area (Å²) in [6, 6.07) is 9.82. The molecule has 4 rings (SSSR count). The quantitative estimate of drug-likeness (QED) is 0.596. The molecule has 1 saturated heterocycles. The molecule has 5 nitrogen and oxygen atoms in total. The molecule has 0 bridgehead atoms. The van der Waals surface area contributed by atoms with E-state index in [1.807, 2.05) is 12.1 Å². The van der Waals surface area contributed by atoms with Crippen molar-refractivity contribution >= 4 is 45.6 Å². The number of benzene rings is 2. The third-order valence-corrected chi connectivity index (χ3v) is 6.20. The number of aromatic amines is 1. The standard InChI is InChI=1S/C21H18Cl2FN3O2/c1-12(28)27-9-7-21(11-27,18-17(24)5-4-16(22)19(18)23)26-14-3-2-13-6-8-25-20(29)15(13)10-14/h2-6,8,10,26H,7,9,11H2,1H3,(H,25,29)/t21-/m1/s1. The number of nitrogens with zero attached hydrogens (tertiary/aromatic N) is 1. The van der Waals surface area contributed by atoms with E-state index >= 15 is 0 Å². The van der Waals surface area contributed by atoms with E-state index in [1.54, 1.807) is 23.2 Å². The zero-order valence-corrected chi connectivity index (χ0v) is 17.1. The van der Waals surface area contributed by atoms with E-state index in [0.29, 0.717) is 24.0 Å². The molecule has 29 heavy (non-hydrogen) atoms. The lowest BCUT2D eigenvalue weighted by atomic mass is 9.87. The zero-order valence-electron chi connectivity index (χ0n) is 15.6. The van der Waals surface area contributed by atoms with Gasteiger partial charge in [-0.25, -0.2) is 4.39 Å². The molecule has 1 aliphatic heterocycles. The number of carbonyl (C=O) groups excluding carboxylic acids is 1. The highest BCUT2D eigenvalue weighted by atomic mass is 35.5. The maximum atomic E-state index is 14.9. The third-order valence-electron chi connectivity index (χ3n) is 5.40. The fraction of sp³-hybridized carbons (Fsp3) is 0.238. The number of fused-ring (bicyclic) bond motifs is 1. The molecule has 0 unspecified atom stereocenters. The molecule has 2 heterocycles. The van der Waals surface area contributed by atoms with Gasteiger partial charge in [-0.15, -0.1) is 0 Å². The molecule has 1 aliphatic rings. The van der Waals surface area contributed by atoms with Crippen molar-refractivity contribution in [3.63, 3.8) is 0 Å². The van der Waals surface area contributed by atoms with Crippen molar-refractivity contribution in [3.05, 3.63) is 74.4 Å². The van der Waals surface area contributed by atoms with E-state index in [1.165, 1.54) is 19.1 Å². The van der Waals surface area contributed by atoms with Crippen LogP contribution < -0.4 is 10.9 Å². The van der Waals surface area contributed by atoms with Gasteiger partial charge in [-0.05, 0) is 42.1 Å². The second kappa shape index (κ2) is 7.35. The molecule has 1 fully saturated rings. The number of H-pyrrole nitrogens is 1. The first kappa shape index (κ1) is 19.7. The number of pyridine rings is 1. The molecule has 8 heteroatoms. The molecule has 0 radical (unpaired) electrons. The second-order valence-electron chi connectivity index (χ2n) is 7.22. The Balaban J connectivity index is 1.85. The molecule has 0 aliphatic carbocycles. The molecule has 1 atom stereocenters. The monoisotopic (exact) mass is 433 g/mol. The average Bonchev–Trinajstić information content (AvgIpc) is 3.11. The Labute approximate surface area is 176 Å². The minimum atomic E-state index is -0.979. The van der Waals surface area contributed by atoms with E-state index in [9.17, 15) is 14.0 Å². The molecule has 0 spiro atoms. The minimum Gasteiger partial charge on any atom is -0.374 e. The summed E-state index contributed by atoms with van der Waals surface area (Å²) in [7, 11) is 0. The Hall–Kier alpha value is -2.57. The summed E-state index contributed by atoms with van der Waals surface area (Å²) < 4.78 is 14.9. The van der Waals surface area contributed by atoms with Gasteiger partial charge in [0.05, 0.1) is 15.6 Å². The van der Waals surface area contributed by atoms with Gasteiger partial charge in [0.2, 0.25) is 5.91 Å². The topological polar surface area (TPSA) is 65.2 Å². The van der Waals surface area contributed by atoms with Gasteiger partial charge in [0.1, 0.15) is 5.82 Å². The van der Waals surface area contributed by atoms with Crippen molar-refractivity contribution in [2.24, 2.45) is 0 Å². The number of hydrogen-bond acceptors (Lipinski definition) is 3. The van der Waals surface area contributed by atoms with Crippen LogP contribution in [0.3, 0.4) is 0 Å². The normalized spacial score (nSPS) is 19.0. The number of hydrogen-bond donors (Lipinski definition) is 2. The van der Waals surface area contributed by atoms with Crippen LogP contribution in [0.5, 0.6) is 0 Å². The Morgan fingerprint density at radius 1 is 1.24 bits per heavy atom. The molecular formula is C21H18Cl2FN3O2. The second-order valence-corrected chi connectivity index (χ2v) is 8.01. The SMILES string of the molecule is CC(=O)N1CC[C@](Nc2ccc3cc[nH]c(=O)c3c2)(c2c(F)ccc(Cl)c2Cl)C1. The van der Waals surface area contributed by atoms with E-state index < -0.39 is 11.4 Å². The maximum absolute atomic E-state index is 14.9. The highest BCUT2D eigenvalue weighted by molar-refractivity contribution is 6.42. The summed E-state index contributed by atoms with van der Waals surface area (Å²) >= 11 is 12.6. The Morgan fingerprint density at radius 3 is 2.76 bits per heavy atom. The van der Waals surface area contributed by atoms with Crippen LogP contribution in [0.1, 0.15) is 18.9 Å². The molecule has 2 N–H and O–H groups in total. The van der Waals surface area contributed by atoms with Crippen LogP contribution in [0, 0.1) is 5.82 Å². The van der Waals surface area contributed by atoms with Crippen molar-refractivity contribution in [2.75, 3.05) is 18.4 Å². The fourth-order valence-corrected chi connectivity index (χ4v) is 4.44. The van der Waals surface area contributed by atoms with Gasteiger partial charge in [0.25, 0.3) is 5.56 Å². The summed E-state index contributed by atoms with van der Waals surface area (Å²) in [5, 5.41) is 5.00. The van der Waals surface area contributed by atoms with E-state index in [2.05, 4.69) is 10.3 Å².